The Morgan fingerprint density at radius 3 is 2.00 bits per heavy atom. The number of fused-ring (bicyclic) bond motifs is 1. The average molecular weight is 535 g/mol. The van der Waals surface area contributed by atoms with E-state index >= 15 is 0 Å². The van der Waals surface area contributed by atoms with Crippen molar-refractivity contribution in [3.8, 4) is 0 Å². The van der Waals surface area contributed by atoms with Gasteiger partial charge in [0.25, 0.3) is 0 Å². The minimum atomic E-state index is 0. The standard InChI is InChI=1S/C29H35N3.3ClH/c1-3-10-25(11-4-1)23-32-20-18-31(19-21-32)17-9-16-29(27-13-5-2-6-14-27)24-30-22-26-12-7-8-15-28(26)29;;;/h1-8,10-15,30H,9,16-24H2;3*1H. The van der Waals surface area contributed by atoms with Crippen LogP contribution >= 0.6 is 37.2 Å². The minimum absolute atomic E-state index is 0. The van der Waals surface area contributed by atoms with Crippen LogP contribution in [0.1, 0.15) is 35.1 Å². The first kappa shape index (κ1) is 29.6. The highest BCUT2D eigenvalue weighted by Crippen LogP contribution is 2.40. The molecule has 0 saturated carbocycles. The molecular formula is C29H38Cl3N3. The Morgan fingerprint density at radius 2 is 1.29 bits per heavy atom. The molecule has 0 spiro atoms. The van der Waals surface area contributed by atoms with Gasteiger partial charge in [0, 0.05) is 51.2 Å². The number of hydrogen-bond donors (Lipinski definition) is 1. The van der Waals surface area contributed by atoms with Crippen molar-refractivity contribution in [1.82, 2.24) is 15.1 Å². The van der Waals surface area contributed by atoms with Gasteiger partial charge in [-0.25, -0.2) is 0 Å². The lowest BCUT2D eigenvalue weighted by Gasteiger charge is -2.41. The van der Waals surface area contributed by atoms with Crippen molar-refractivity contribution < 1.29 is 0 Å². The molecule has 3 aromatic carbocycles. The molecule has 1 unspecified atom stereocenters. The van der Waals surface area contributed by atoms with E-state index in [1.807, 2.05) is 0 Å². The van der Waals surface area contributed by atoms with Crippen LogP contribution in [0.5, 0.6) is 0 Å². The van der Waals surface area contributed by atoms with Crippen LogP contribution in [-0.4, -0.2) is 49.1 Å². The Labute approximate surface area is 229 Å². The number of hydrogen-bond acceptors (Lipinski definition) is 3. The molecule has 1 atom stereocenters. The van der Waals surface area contributed by atoms with Crippen molar-refractivity contribution in [3.05, 3.63) is 107 Å². The van der Waals surface area contributed by atoms with E-state index in [4.69, 9.17) is 0 Å². The van der Waals surface area contributed by atoms with E-state index in [1.54, 1.807) is 0 Å². The van der Waals surface area contributed by atoms with Gasteiger partial charge in [-0.15, -0.1) is 37.2 Å². The van der Waals surface area contributed by atoms with Crippen LogP contribution in [0.25, 0.3) is 0 Å². The predicted octanol–water partition coefficient (Wildman–Crippen LogP) is 5.94. The molecule has 0 aliphatic carbocycles. The molecule has 1 fully saturated rings. The van der Waals surface area contributed by atoms with Crippen LogP contribution < -0.4 is 5.32 Å². The van der Waals surface area contributed by atoms with E-state index in [0.717, 1.165) is 19.6 Å². The van der Waals surface area contributed by atoms with Gasteiger partial charge >= 0.3 is 0 Å². The molecule has 2 heterocycles. The Hall–Kier alpha value is -1.59. The van der Waals surface area contributed by atoms with Gasteiger partial charge in [-0.1, -0.05) is 84.9 Å². The summed E-state index contributed by atoms with van der Waals surface area (Å²) in [7, 11) is 0. The van der Waals surface area contributed by atoms with Crippen molar-refractivity contribution >= 4 is 37.2 Å². The molecule has 0 aromatic heterocycles. The molecule has 3 aromatic rings. The molecule has 0 bridgehead atoms. The third-order valence-electron chi connectivity index (χ3n) is 7.39. The number of halogens is 3. The average Bonchev–Trinajstić information content (AvgIpc) is 2.86. The largest absolute Gasteiger partial charge is 0.311 e. The molecule has 3 nitrogen and oxygen atoms in total. The van der Waals surface area contributed by atoms with E-state index < -0.39 is 0 Å². The maximum Gasteiger partial charge on any atom is 0.0331 e. The lowest BCUT2D eigenvalue weighted by Crippen LogP contribution is -2.47. The van der Waals surface area contributed by atoms with Gasteiger partial charge in [0.1, 0.15) is 0 Å². The quantitative estimate of drug-likeness (QED) is 0.405. The molecule has 0 radical (unpaired) electrons. The monoisotopic (exact) mass is 533 g/mol. The Bertz CT molecular complexity index is 994. The van der Waals surface area contributed by atoms with E-state index in [0.29, 0.717) is 0 Å². The number of nitrogens with one attached hydrogen (secondary N) is 1. The SMILES string of the molecule is Cl.Cl.Cl.c1ccc(CN2CCN(CCCC3(c4ccccc4)CNCc4ccccc43)CC2)cc1. The van der Waals surface area contributed by atoms with Crippen LogP contribution in [-0.2, 0) is 18.5 Å². The third-order valence-corrected chi connectivity index (χ3v) is 7.39. The van der Waals surface area contributed by atoms with Crippen LogP contribution in [0, 0.1) is 0 Å². The molecule has 6 heteroatoms. The molecule has 5 rings (SSSR count). The maximum atomic E-state index is 3.73. The highest BCUT2D eigenvalue weighted by Gasteiger charge is 2.37. The van der Waals surface area contributed by atoms with Crippen LogP contribution in [0.15, 0.2) is 84.9 Å². The molecule has 1 saturated heterocycles. The Kier molecular flexibility index (Phi) is 12.0. The zero-order valence-corrected chi connectivity index (χ0v) is 22.7. The first-order valence-corrected chi connectivity index (χ1v) is 12.2. The zero-order chi connectivity index (χ0) is 21.6. The summed E-state index contributed by atoms with van der Waals surface area (Å²) < 4.78 is 0. The summed E-state index contributed by atoms with van der Waals surface area (Å²) in [6, 6.07) is 31.1. The second-order valence-corrected chi connectivity index (χ2v) is 9.42. The van der Waals surface area contributed by atoms with Crippen molar-refractivity contribution in [3.63, 3.8) is 0 Å². The van der Waals surface area contributed by atoms with Gasteiger partial charge in [-0.3, -0.25) is 4.90 Å². The third kappa shape index (κ3) is 7.01. The van der Waals surface area contributed by atoms with E-state index in [9.17, 15) is 0 Å². The first-order valence-electron chi connectivity index (χ1n) is 12.2. The smallest absolute Gasteiger partial charge is 0.0331 e. The summed E-state index contributed by atoms with van der Waals surface area (Å²) in [5, 5.41) is 3.73. The summed E-state index contributed by atoms with van der Waals surface area (Å²) in [6.45, 7) is 8.98. The van der Waals surface area contributed by atoms with Crippen LogP contribution in [0.2, 0.25) is 0 Å². The molecule has 2 aliphatic rings. The number of benzene rings is 3. The number of piperazine rings is 1. The fourth-order valence-corrected chi connectivity index (χ4v) is 5.65. The maximum absolute atomic E-state index is 3.73. The summed E-state index contributed by atoms with van der Waals surface area (Å²) >= 11 is 0. The molecule has 0 amide bonds. The van der Waals surface area contributed by atoms with Crippen molar-refractivity contribution in [2.24, 2.45) is 0 Å². The lowest BCUT2D eigenvalue weighted by atomic mass is 9.68. The highest BCUT2D eigenvalue weighted by atomic mass is 35.5. The van der Waals surface area contributed by atoms with Crippen molar-refractivity contribution in [2.45, 2.75) is 31.3 Å². The second kappa shape index (κ2) is 14.2. The fraction of sp³-hybridized carbons (Fsp3) is 0.379. The fourth-order valence-electron chi connectivity index (χ4n) is 5.65. The predicted molar refractivity (Wildman–Crippen MR) is 155 cm³/mol. The zero-order valence-electron chi connectivity index (χ0n) is 20.3. The first-order chi connectivity index (χ1) is 15.8. The van der Waals surface area contributed by atoms with Gasteiger partial charge in [0.05, 0.1) is 0 Å². The van der Waals surface area contributed by atoms with Gasteiger partial charge < -0.3 is 10.2 Å². The Balaban J connectivity index is 0.00000144. The summed E-state index contributed by atoms with van der Waals surface area (Å²) in [5.41, 5.74) is 5.93. The van der Waals surface area contributed by atoms with Gasteiger partial charge in [0.15, 0.2) is 0 Å². The van der Waals surface area contributed by atoms with Crippen molar-refractivity contribution in [2.75, 3.05) is 39.3 Å². The second-order valence-electron chi connectivity index (χ2n) is 9.42. The van der Waals surface area contributed by atoms with E-state index in [2.05, 4.69) is 100 Å². The topological polar surface area (TPSA) is 18.5 Å². The van der Waals surface area contributed by atoms with E-state index in [-0.39, 0.29) is 42.6 Å². The summed E-state index contributed by atoms with van der Waals surface area (Å²) in [5.74, 6) is 0. The Morgan fingerprint density at radius 1 is 0.686 bits per heavy atom. The molecule has 190 valence electrons. The van der Waals surface area contributed by atoms with Gasteiger partial charge in [-0.05, 0) is 41.6 Å². The molecule has 2 aliphatic heterocycles. The number of nitrogens with zero attached hydrogens (tertiary/aromatic N) is 2. The lowest BCUT2D eigenvalue weighted by molar-refractivity contribution is 0.124. The molecule has 35 heavy (non-hydrogen) atoms. The highest BCUT2D eigenvalue weighted by molar-refractivity contribution is 5.86. The molecule has 1 N–H and O–H groups in total. The summed E-state index contributed by atoms with van der Waals surface area (Å²) in [4.78, 5) is 5.26. The van der Waals surface area contributed by atoms with Crippen molar-refractivity contribution in [1.29, 1.82) is 0 Å². The molecular weight excluding hydrogens is 497 g/mol. The van der Waals surface area contributed by atoms with Gasteiger partial charge in [0.2, 0.25) is 0 Å². The summed E-state index contributed by atoms with van der Waals surface area (Å²) in [6.07, 6.45) is 2.41. The number of rotatable bonds is 7. The normalized spacial score (nSPS) is 20.0. The van der Waals surface area contributed by atoms with E-state index in [1.165, 1.54) is 67.8 Å². The van der Waals surface area contributed by atoms with Gasteiger partial charge in [-0.2, -0.15) is 0 Å². The van der Waals surface area contributed by atoms with Crippen LogP contribution in [0.3, 0.4) is 0 Å². The van der Waals surface area contributed by atoms with Crippen LogP contribution in [0.4, 0.5) is 0 Å². The minimum Gasteiger partial charge on any atom is -0.311 e.